The molecule has 1 N–H and O–H groups in total. The maximum atomic E-state index is 10.3. The lowest BCUT2D eigenvalue weighted by molar-refractivity contribution is -0.0162. The normalized spacial score (nSPS) is 28.0. The van der Waals surface area contributed by atoms with Gasteiger partial charge < -0.3 is 10.0 Å². The molecule has 0 aromatic rings. The fraction of sp³-hybridized carbons (Fsp3) is 1.00. The van der Waals surface area contributed by atoms with Gasteiger partial charge in [0.2, 0.25) is 0 Å². The van der Waals surface area contributed by atoms with Gasteiger partial charge in [0.1, 0.15) is 0 Å². The summed E-state index contributed by atoms with van der Waals surface area (Å²) in [4.78, 5) is 4.71. The van der Waals surface area contributed by atoms with Crippen molar-refractivity contribution < 1.29 is 5.11 Å². The maximum Gasteiger partial charge on any atom is 0.0695 e. The summed E-state index contributed by atoms with van der Waals surface area (Å²) in [5, 5.41) is 10.3. The molecule has 0 heterocycles. The Hall–Kier alpha value is -0.120. The van der Waals surface area contributed by atoms with E-state index in [0.29, 0.717) is 11.5 Å². The van der Waals surface area contributed by atoms with E-state index in [-0.39, 0.29) is 6.10 Å². The summed E-state index contributed by atoms with van der Waals surface area (Å²) in [5.41, 5.74) is 0.388. The molecule has 3 heteroatoms. The minimum absolute atomic E-state index is 0.127. The van der Waals surface area contributed by atoms with Gasteiger partial charge in [0.25, 0.3) is 0 Å². The van der Waals surface area contributed by atoms with Crippen LogP contribution in [0.1, 0.15) is 46.5 Å². The van der Waals surface area contributed by atoms with Crippen molar-refractivity contribution in [2.24, 2.45) is 5.41 Å². The van der Waals surface area contributed by atoms with Crippen LogP contribution < -0.4 is 0 Å². The van der Waals surface area contributed by atoms with Gasteiger partial charge in [-0.2, -0.15) is 0 Å². The maximum absolute atomic E-state index is 10.3. The van der Waals surface area contributed by atoms with Crippen molar-refractivity contribution in [3.05, 3.63) is 0 Å². The van der Waals surface area contributed by atoms with Crippen molar-refractivity contribution in [2.45, 2.75) is 58.6 Å². The molecule has 0 aromatic heterocycles. The lowest BCUT2D eigenvalue weighted by Crippen LogP contribution is -2.49. The third kappa shape index (κ3) is 4.87. The minimum atomic E-state index is -0.127. The van der Waals surface area contributed by atoms with Crippen molar-refractivity contribution >= 4 is 0 Å². The summed E-state index contributed by atoms with van der Waals surface area (Å²) >= 11 is 0. The number of aliphatic hydroxyl groups excluding tert-OH is 1. The molecule has 108 valence electrons. The molecule has 3 nitrogen and oxygen atoms in total. The van der Waals surface area contributed by atoms with Crippen molar-refractivity contribution in [1.82, 2.24) is 9.80 Å². The largest absolute Gasteiger partial charge is 0.391 e. The summed E-state index contributed by atoms with van der Waals surface area (Å²) in [5.74, 6) is 0. The van der Waals surface area contributed by atoms with Crippen LogP contribution in [0.5, 0.6) is 0 Å². The molecular formula is C15H32N2O. The number of aliphatic hydroxyl groups is 1. The molecule has 2 atom stereocenters. The van der Waals surface area contributed by atoms with Gasteiger partial charge in [-0.1, -0.05) is 20.8 Å². The molecule has 2 unspecified atom stereocenters. The summed E-state index contributed by atoms with van der Waals surface area (Å²) in [6.07, 6.45) is 4.30. The highest BCUT2D eigenvalue weighted by molar-refractivity contribution is 4.90. The van der Waals surface area contributed by atoms with Crippen LogP contribution in [0.4, 0.5) is 0 Å². The first kappa shape index (κ1) is 15.9. The van der Waals surface area contributed by atoms with Crippen LogP contribution in [0.2, 0.25) is 0 Å². The zero-order valence-corrected chi connectivity index (χ0v) is 12.9. The highest BCUT2D eigenvalue weighted by Crippen LogP contribution is 2.37. The molecule has 1 aliphatic rings. The van der Waals surface area contributed by atoms with E-state index >= 15 is 0 Å². The number of likely N-dealkylation sites (N-methyl/N-ethyl adjacent to an activating group) is 1. The zero-order valence-electron chi connectivity index (χ0n) is 12.9. The van der Waals surface area contributed by atoms with E-state index in [1.54, 1.807) is 0 Å². The average Bonchev–Trinajstić information content (AvgIpc) is 2.28. The first-order valence-corrected chi connectivity index (χ1v) is 7.42. The van der Waals surface area contributed by atoms with Crippen molar-refractivity contribution in [3.8, 4) is 0 Å². The van der Waals surface area contributed by atoms with Gasteiger partial charge in [0, 0.05) is 6.04 Å². The van der Waals surface area contributed by atoms with Crippen LogP contribution in [0.15, 0.2) is 0 Å². The van der Waals surface area contributed by atoms with E-state index < -0.39 is 0 Å². The Kier molecular flexibility index (Phi) is 6.09. The summed E-state index contributed by atoms with van der Waals surface area (Å²) in [6, 6.07) is 0.362. The monoisotopic (exact) mass is 256 g/mol. The second kappa shape index (κ2) is 6.88. The highest BCUT2D eigenvalue weighted by atomic mass is 16.3. The Bertz CT molecular complexity index is 241. The Morgan fingerprint density at radius 3 is 2.44 bits per heavy atom. The molecule has 0 amide bonds. The SMILES string of the molecule is CCN(CCCN(C)C)C1CC(C)(C)CCC1O. The Morgan fingerprint density at radius 2 is 1.89 bits per heavy atom. The van der Waals surface area contributed by atoms with Crippen LogP contribution in [-0.4, -0.2) is 60.8 Å². The summed E-state index contributed by atoms with van der Waals surface area (Å²) in [6.45, 7) is 10.2. The van der Waals surface area contributed by atoms with Crippen LogP contribution in [-0.2, 0) is 0 Å². The third-order valence-electron chi connectivity index (χ3n) is 4.25. The fourth-order valence-electron chi connectivity index (χ4n) is 3.06. The number of hydrogen-bond acceptors (Lipinski definition) is 3. The van der Waals surface area contributed by atoms with E-state index in [4.69, 9.17) is 0 Å². The minimum Gasteiger partial charge on any atom is -0.391 e. The summed E-state index contributed by atoms with van der Waals surface area (Å²) in [7, 11) is 4.24. The number of nitrogens with zero attached hydrogens (tertiary/aromatic N) is 2. The standard InChI is InChI=1S/C15H32N2O/c1-6-17(11-7-10-16(4)5)13-12-15(2,3)9-8-14(13)18/h13-14,18H,6-12H2,1-5H3. The molecule has 0 aliphatic heterocycles. The van der Waals surface area contributed by atoms with Crippen LogP contribution in [0.3, 0.4) is 0 Å². The van der Waals surface area contributed by atoms with Gasteiger partial charge in [0.05, 0.1) is 6.10 Å². The Morgan fingerprint density at radius 1 is 1.22 bits per heavy atom. The van der Waals surface area contributed by atoms with E-state index in [1.165, 1.54) is 6.42 Å². The molecule has 1 saturated carbocycles. The smallest absolute Gasteiger partial charge is 0.0695 e. The lowest BCUT2D eigenvalue weighted by Gasteiger charge is -2.44. The molecule has 1 rings (SSSR count). The second-order valence-electron chi connectivity index (χ2n) is 6.83. The highest BCUT2D eigenvalue weighted by Gasteiger charge is 2.36. The Balaban J connectivity index is 2.51. The number of hydrogen-bond donors (Lipinski definition) is 1. The van der Waals surface area contributed by atoms with Crippen molar-refractivity contribution in [3.63, 3.8) is 0 Å². The van der Waals surface area contributed by atoms with Crippen molar-refractivity contribution in [1.29, 1.82) is 0 Å². The average molecular weight is 256 g/mol. The fourth-order valence-corrected chi connectivity index (χ4v) is 3.06. The lowest BCUT2D eigenvalue weighted by atomic mass is 9.73. The summed E-state index contributed by atoms with van der Waals surface area (Å²) < 4.78 is 0. The molecule has 1 fully saturated rings. The van der Waals surface area contributed by atoms with E-state index in [2.05, 4.69) is 44.7 Å². The van der Waals surface area contributed by atoms with E-state index in [9.17, 15) is 5.11 Å². The van der Waals surface area contributed by atoms with Crippen LogP contribution >= 0.6 is 0 Å². The topological polar surface area (TPSA) is 26.7 Å². The first-order chi connectivity index (χ1) is 8.35. The van der Waals surface area contributed by atoms with Crippen LogP contribution in [0.25, 0.3) is 0 Å². The van der Waals surface area contributed by atoms with Crippen LogP contribution in [0, 0.1) is 5.41 Å². The van der Waals surface area contributed by atoms with Gasteiger partial charge in [-0.15, -0.1) is 0 Å². The molecular weight excluding hydrogens is 224 g/mol. The first-order valence-electron chi connectivity index (χ1n) is 7.42. The van der Waals surface area contributed by atoms with Gasteiger partial charge in [-0.25, -0.2) is 0 Å². The molecule has 0 aromatic carbocycles. The zero-order chi connectivity index (χ0) is 13.8. The molecule has 18 heavy (non-hydrogen) atoms. The van der Waals surface area contributed by atoms with Gasteiger partial charge in [-0.05, 0) is 64.8 Å². The molecule has 0 spiro atoms. The molecule has 0 saturated heterocycles. The predicted octanol–water partition coefficient (Wildman–Crippen LogP) is 2.20. The predicted molar refractivity (Wildman–Crippen MR) is 77.8 cm³/mol. The third-order valence-corrected chi connectivity index (χ3v) is 4.25. The molecule has 0 bridgehead atoms. The van der Waals surface area contributed by atoms with E-state index in [1.807, 2.05) is 0 Å². The molecule has 1 aliphatic carbocycles. The van der Waals surface area contributed by atoms with E-state index in [0.717, 1.165) is 38.9 Å². The number of rotatable bonds is 6. The van der Waals surface area contributed by atoms with Gasteiger partial charge >= 0.3 is 0 Å². The second-order valence-corrected chi connectivity index (χ2v) is 6.83. The Labute approximate surface area is 113 Å². The van der Waals surface area contributed by atoms with Gasteiger partial charge in [0.15, 0.2) is 0 Å². The quantitative estimate of drug-likeness (QED) is 0.789. The van der Waals surface area contributed by atoms with Gasteiger partial charge in [-0.3, -0.25) is 4.90 Å². The van der Waals surface area contributed by atoms with Crippen molar-refractivity contribution in [2.75, 3.05) is 33.7 Å². The molecule has 0 radical (unpaired) electrons.